The minimum absolute atomic E-state index is 0.0596. The molecule has 1 amide bonds. The van der Waals surface area contributed by atoms with E-state index in [2.05, 4.69) is 5.32 Å². The molecule has 1 aromatic carbocycles. The zero-order chi connectivity index (χ0) is 13.7. The Bertz CT molecular complexity index is 501. The molecule has 0 bridgehead atoms. The van der Waals surface area contributed by atoms with Gasteiger partial charge in [0.1, 0.15) is 0 Å². The molecule has 1 aromatic rings. The lowest BCUT2D eigenvalue weighted by Crippen LogP contribution is -2.37. The molecular weight excluding hydrogens is 260 g/mol. The number of carbonyl (C=O) groups is 1. The van der Waals surface area contributed by atoms with E-state index in [0.29, 0.717) is 23.6 Å². The van der Waals surface area contributed by atoms with Gasteiger partial charge in [-0.15, -0.1) is 11.6 Å². The largest absolute Gasteiger partial charge is 0.351 e. The van der Waals surface area contributed by atoms with Crippen molar-refractivity contribution < 1.29 is 4.79 Å². The highest BCUT2D eigenvalue weighted by Crippen LogP contribution is 2.38. The van der Waals surface area contributed by atoms with E-state index in [1.807, 2.05) is 6.07 Å². The molecule has 0 atom stereocenters. The summed E-state index contributed by atoms with van der Waals surface area (Å²) in [5.74, 6) is 0.458. The normalized spacial score (nSPS) is 16.8. The number of amides is 1. The van der Waals surface area contributed by atoms with E-state index in [1.54, 1.807) is 24.3 Å². The van der Waals surface area contributed by atoms with Crippen molar-refractivity contribution in [2.24, 2.45) is 5.41 Å². The van der Waals surface area contributed by atoms with Crippen molar-refractivity contribution in [2.45, 2.75) is 25.7 Å². The molecule has 0 radical (unpaired) electrons. The summed E-state index contributed by atoms with van der Waals surface area (Å²) >= 11 is 6.05. The van der Waals surface area contributed by atoms with E-state index < -0.39 is 0 Å². The maximum atomic E-state index is 12.1. The van der Waals surface area contributed by atoms with Crippen molar-refractivity contribution in [2.75, 3.05) is 12.4 Å². The van der Waals surface area contributed by atoms with Crippen LogP contribution in [0.1, 0.15) is 41.6 Å². The van der Waals surface area contributed by atoms with Crippen LogP contribution in [0.2, 0.25) is 0 Å². The lowest BCUT2D eigenvalue weighted by atomic mass is 9.88. The Morgan fingerprint density at radius 2 is 2.16 bits per heavy atom. The fourth-order valence-electron chi connectivity index (χ4n) is 2.58. The number of hydrogen-bond donors (Lipinski definition) is 1. The van der Waals surface area contributed by atoms with Gasteiger partial charge in [0.05, 0.1) is 11.6 Å². The zero-order valence-electron chi connectivity index (χ0n) is 10.8. The van der Waals surface area contributed by atoms with Crippen LogP contribution in [0.25, 0.3) is 0 Å². The van der Waals surface area contributed by atoms with Crippen LogP contribution in [0.5, 0.6) is 0 Å². The summed E-state index contributed by atoms with van der Waals surface area (Å²) in [6.45, 7) is 0.617. The number of nitrogens with zero attached hydrogens (tertiary/aromatic N) is 1. The highest BCUT2D eigenvalue weighted by molar-refractivity contribution is 6.18. The first-order valence-corrected chi connectivity index (χ1v) is 7.07. The van der Waals surface area contributed by atoms with Gasteiger partial charge in [0.15, 0.2) is 0 Å². The molecule has 3 nitrogen and oxygen atoms in total. The number of nitriles is 1. The molecule has 0 unspecified atom stereocenters. The van der Waals surface area contributed by atoms with Crippen LogP contribution < -0.4 is 5.32 Å². The Morgan fingerprint density at radius 1 is 1.42 bits per heavy atom. The topological polar surface area (TPSA) is 52.9 Å². The fraction of sp³-hybridized carbons (Fsp3) is 0.467. The average Bonchev–Trinajstić information content (AvgIpc) is 2.94. The van der Waals surface area contributed by atoms with Crippen molar-refractivity contribution >= 4 is 17.5 Å². The molecule has 0 aromatic heterocycles. The standard InChI is InChI=1S/C15H17ClN2O/c16-10-15(6-1-2-7-15)11-18-14(19)13-5-3-4-12(8-13)9-17/h3-5,8H,1-2,6-7,10-11H2,(H,18,19). The van der Waals surface area contributed by atoms with E-state index in [0.717, 1.165) is 12.8 Å². The molecule has 0 saturated heterocycles. The summed E-state index contributed by atoms with van der Waals surface area (Å²) in [5, 5.41) is 11.8. The highest BCUT2D eigenvalue weighted by Gasteiger charge is 2.33. The Labute approximate surface area is 118 Å². The lowest BCUT2D eigenvalue weighted by molar-refractivity contribution is 0.0935. The maximum Gasteiger partial charge on any atom is 0.251 e. The number of alkyl halides is 1. The molecule has 1 N–H and O–H groups in total. The Morgan fingerprint density at radius 3 is 2.79 bits per heavy atom. The highest BCUT2D eigenvalue weighted by atomic mass is 35.5. The molecule has 0 heterocycles. The first-order valence-electron chi connectivity index (χ1n) is 6.53. The second-order valence-electron chi connectivity index (χ2n) is 5.22. The SMILES string of the molecule is N#Cc1cccc(C(=O)NCC2(CCl)CCCC2)c1. The van der Waals surface area contributed by atoms with Crippen LogP contribution in [0.3, 0.4) is 0 Å². The number of halogens is 1. The zero-order valence-corrected chi connectivity index (χ0v) is 11.5. The summed E-state index contributed by atoms with van der Waals surface area (Å²) in [5.41, 5.74) is 1.09. The monoisotopic (exact) mass is 276 g/mol. The average molecular weight is 277 g/mol. The van der Waals surface area contributed by atoms with Gasteiger partial charge in [-0.05, 0) is 31.0 Å². The van der Waals surface area contributed by atoms with Crippen molar-refractivity contribution in [3.8, 4) is 6.07 Å². The Balaban J connectivity index is 1.99. The van der Waals surface area contributed by atoms with Gasteiger partial charge in [0, 0.05) is 23.4 Å². The maximum absolute atomic E-state index is 12.1. The van der Waals surface area contributed by atoms with Gasteiger partial charge in [0.2, 0.25) is 0 Å². The third-order valence-electron chi connectivity index (χ3n) is 3.83. The van der Waals surface area contributed by atoms with Gasteiger partial charge < -0.3 is 5.32 Å². The van der Waals surface area contributed by atoms with Gasteiger partial charge in [0.25, 0.3) is 5.91 Å². The van der Waals surface area contributed by atoms with E-state index in [9.17, 15) is 4.79 Å². The molecule has 1 aliphatic carbocycles. The quantitative estimate of drug-likeness (QED) is 0.859. The molecule has 4 heteroatoms. The van der Waals surface area contributed by atoms with Crippen LogP contribution >= 0.6 is 11.6 Å². The summed E-state index contributed by atoms with van der Waals surface area (Å²) in [7, 11) is 0. The summed E-state index contributed by atoms with van der Waals surface area (Å²) in [6.07, 6.45) is 4.53. The van der Waals surface area contributed by atoms with E-state index in [-0.39, 0.29) is 11.3 Å². The first kappa shape index (κ1) is 13.9. The second-order valence-corrected chi connectivity index (χ2v) is 5.48. The lowest BCUT2D eigenvalue weighted by Gasteiger charge is -2.26. The molecule has 1 saturated carbocycles. The minimum Gasteiger partial charge on any atom is -0.351 e. The first-order chi connectivity index (χ1) is 9.19. The molecule has 1 fully saturated rings. The number of benzene rings is 1. The summed E-state index contributed by atoms with van der Waals surface area (Å²) in [4.78, 5) is 12.1. The predicted molar refractivity (Wildman–Crippen MR) is 75.1 cm³/mol. The third-order valence-corrected chi connectivity index (χ3v) is 4.39. The second kappa shape index (κ2) is 6.08. The minimum atomic E-state index is -0.131. The van der Waals surface area contributed by atoms with Gasteiger partial charge in [-0.25, -0.2) is 0 Å². The van der Waals surface area contributed by atoms with Gasteiger partial charge in [-0.2, -0.15) is 5.26 Å². The smallest absolute Gasteiger partial charge is 0.251 e. The molecule has 2 rings (SSSR count). The Kier molecular flexibility index (Phi) is 4.44. The predicted octanol–water partition coefficient (Wildman–Crippen LogP) is 3.09. The summed E-state index contributed by atoms with van der Waals surface area (Å²) < 4.78 is 0. The molecular formula is C15H17ClN2O. The summed E-state index contributed by atoms with van der Waals surface area (Å²) in [6, 6.07) is 8.78. The number of hydrogen-bond acceptors (Lipinski definition) is 2. The van der Waals surface area contributed by atoms with Crippen LogP contribution in [0.4, 0.5) is 0 Å². The van der Waals surface area contributed by atoms with Crippen molar-refractivity contribution in [3.05, 3.63) is 35.4 Å². The molecule has 1 aliphatic rings. The Hall–Kier alpha value is -1.53. The van der Waals surface area contributed by atoms with E-state index in [4.69, 9.17) is 16.9 Å². The third kappa shape index (κ3) is 3.27. The van der Waals surface area contributed by atoms with Gasteiger partial charge in [-0.1, -0.05) is 18.9 Å². The van der Waals surface area contributed by atoms with E-state index >= 15 is 0 Å². The molecule has 19 heavy (non-hydrogen) atoms. The van der Waals surface area contributed by atoms with Crippen LogP contribution in [0, 0.1) is 16.7 Å². The van der Waals surface area contributed by atoms with Crippen molar-refractivity contribution in [3.63, 3.8) is 0 Å². The molecule has 0 spiro atoms. The van der Waals surface area contributed by atoms with Crippen LogP contribution in [-0.2, 0) is 0 Å². The number of rotatable bonds is 4. The van der Waals surface area contributed by atoms with E-state index in [1.165, 1.54) is 12.8 Å². The van der Waals surface area contributed by atoms with Gasteiger partial charge >= 0.3 is 0 Å². The van der Waals surface area contributed by atoms with Crippen LogP contribution in [-0.4, -0.2) is 18.3 Å². The van der Waals surface area contributed by atoms with Crippen molar-refractivity contribution in [1.29, 1.82) is 5.26 Å². The fourth-order valence-corrected chi connectivity index (χ4v) is 2.94. The van der Waals surface area contributed by atoms with Crippen molar-refractivity contribution in [1.82, 2.24) is 5.32 Å². The van der Waals surface area contributed by atoms with Crippen LogP contribution in [0.15, 0.2) is 24.3 Å². The number of nitrogens with one attached hydrogen (secondary N) is 1. The molecule has 0 aliphatic heterocycles. The van der Waals surface area contributed by atoms with Gasteiger partial charge in [-0.3, -0.25) is 4.79 Å². The molecule has 100 valence electrons. The number of carbonyl (C=O) groups excluding carboxylic acids is 1.